The van der Waals surface area contributed by atoms with Crippen LogP contribution in [0.1, 0.15) is 16.7 Å². The molecule has 3 aromatic carbocycles. The summed E-state index contributed by atoms with van der Waals surface area (Å²) in [5.41, 5.74) is 7.95. The highest BCUT2D eigenvalue weighted by Gasteiger charge is 2.10. The zero-order valence-electron chi connectivity index (χ0n) is 15.7. The molecule has 0 bridgehead atoms. The second kappa shape index (κ2) is 8.28. The summed E-state index contributed by atoms with van der Waals surface area (Å²) in [6.45, 7) is 2.45. The Kier molecular flexibility index (Phi) is 5.61. The summed E-state index contributed by atoms with van der Waals surface area (Å²) >= 11 is 0. The fourth-order valence-electron chi connectivity index (χ4n) is 3.00. The number of nitrogens with zero attached hydrogens (tertiary/aromatic N) is 1. The van der Waals surface area contributed by atoms with Crippen molar-refractivity contribution in [3.8, 4) is 17.6 Å². The minimum absolute atomic E-state index is 0.123. The SMILES string of the molecule is COc1cc(/C=C(\C#N)C(N)=O)ccc1OCc1c(C)ccc2ccccc12. The first kappa shape index (κ1) is 19.0. The Labute approximate surface area is 163 Å². The third-order valence-corrected chi connectivity index (χ3v) is 4.53. The van der Waals surface area contributed by atoms with Gasteiger partial charge in [0.15, 0.2) is 11.5 Å². The van der Waals surface area contributed by atoms with Crippen LogP contribution in [0.15, 0.2) is 60.2 Å². The number of nitriles is 1. The molecule has 1 amide bonds. The quantitative estimate of drug-likeness (QED) is 0.521. The van der Waals surface area contributed by atoms with Crippen LogP contribution in [-0.2, 0) is 11.4 Å². The van der Waals surface area contributed by atoms with E-state index in [0.29, 0.717) is 23.7 Å². The van der Waals surface area contributed by atoms with Gasteiger partial charge in [0.2, 0.25) is 0 Å². The van der Waals surface area contributed by atoms with Crippen LogP contribution in [0.25, 0.3) is 16.8 Å². The molecule has 0 aliphatic carbocycles. The zero-order valence-corrected chi connectivity index (χ0v) is 15.7. The predicted molar refractivity (Wildman–Crippen MR) is 109 cm³/mol. The van der Waals surface area contributed by atoms with Gasteiger partial charge in [-0.15, -0.1) is 0 Å². The molecule has 0 saturated carbocycles. The minimum Gasteiger partial charge on any atom is -0.493 e. The lowest BCUT2D eigenvalue weighted by atomic mass is 10.0. The van der Waals surface area contributed by atoms with Crippen molar-refractivity contribution in [2.75, 3.05) is 7.11 Å². The van der Waals surface area contributed by atoms with Crippen LogP contribution in [-0.4, -0.2) is 13.0 Å². The van der Waals surface area contributed by atoms with E-state index >= 15 is 0 Å². The van der Waals surface area contributed by atoms with E-state index in [1.165, 1.54) is 13.2 Å². The number of hydrogen-bond acceptors (Lipinski definition) is 4. The van der Waals surface area contributed by atoms with E-state index in [4.69, 9.17) is 20.5 Å². The van der Waals surface area contributed by atoms with Crippen molar-refractivity contribution >= 4 is 22.8 Å². The topological polar surface area (TPSA) is 85.3 Å². The molecule has 0 fully saturated rings. The zero-order chi connectivity index (χ0) is 20.1. The van der Waals surface area contributed by atoms with Crippen molar-refractivity contribution in [1.82, 2.24) is 0 Å². The lowest BCUT2D eigenvalue weighted by Gasteiger charge is -2.14. The third-order valence-electron chi connectivity index (χ3n) is 4.53. The number of benzene rings is 3. The average molecular weight is 372 g/mol. The first-order valence-corrected chi connectivity index (χ1v) is 8.73. The molecule has 5 nitrogen and oxygen atoms in total. The number of primary amides is 1. The van der Waals surface area contributed by atoms with Crippen molar-refractivity contribution in [3.63, 3.8) is 0 Å². The predicted octanol–water partition coefficient (Wildman–Crippen LogP) is 4.13. The molecule has 0 aromatic heterocycles. The fourth-order valence-corrected chi connectivity index (χ4v) is 3.00. The Morgan fingerprint density at radius 1 is 1.14 bits per heavy atom. The van der Waals surface area contributed by atoms with Gasteiger partial charge in [-0.2, -0.15) is 5.26 Å². The van der Waals surface area contributed by atoms with Gasteiger partial charge in [0, 0.05) is 5.56 Å². The maximum atomic E-state index is 11.2. The van der Waals surface area contributed by atoms with Gasteiger partial charge in [0.1, 0.15) is 18.2 Å². The van der Waals surface area contributed by atoms with E-state index in [-0.39, 0.29) is 5.57 Å². The Hall–Kier alpha value is -3.78. The van der Waals surface area contributed by atoms with Crippen molar-refractivity contribution in [2.45, 2.75) is 13.5 Å². The molecule has 3 rings (SSSR count). The average Bonchev–Trinajstić information content (AvgIpc) is 2.71. The van der Waals surface area contributed by atoms with Crippen LogP contribution in [0, 0.1) is 18.3 Å². The summed E-state index contributed by atoms with van der Waals surface area (Å²) < 4.78 is 11.4. The van der Waals surface area contributed by atoms with Crippen molar-refractivity contribution in [3.05, 3.63) is 76.9 Å². The second-order valence-corrected chi connectivity index (χ2v) is 6.32. The van der Waals surface area contributed by atoms with E-state index in [9.17, 15) is 4.79 Å². The number of aryl methyl sites for hydroxylation is 1. The summed E-state index contributed by atoms with van der Waals surface area (Å²) in [6, 6.07) is 19.3. The van der Waals surface area contributed by atoms with Crippen LogP contribution < -0.4 is 15.2 Å². The molecule has 0 aliphatic rings. The van der Waals surface area contributed by atoms with Gasteiger partial charge in [-0.3, -0.25) is 4.79 Å². The monoisotopic (exact) mass is 372 g/mol. The van der Waals surface area contributed by atoms with E-state index < -0.39 is 5.91 Å². The van der Waals surface area contributed by atoms with Crippen LogP contribution in [0.2, 0.25) is 0 Å². The lowest BCUT2D eigenvalue weighted by molar-refractivity contribution is -0.114. The normalized spacial score (nSPS) is 11.1. The van der Waals surface area contributed by atoms with Crippen molar-refractivity contribution < 1.29 is 14.3 Å². The maximum absolute atomic E-state index is 11.2. The number of carbonyl (C=O) groups excluding carboxylic acids is 1. The molecule has 140 valence electrons. The Balaban J connectivity index is 1.89. The largest absolute Gasteiger partial charge is 0.493 e. The highest BCUT2D eigenvalue weighted by molar-refractivity contribution is 6.00. The molecule has 0 aliphatic heterocycles. The van der Waals surface area contributed by atoms with Gasteiger partial charge in [0.05, 0.1) is 7.11 Å². The molecule has 0 unspecified atom stereocenters. The molecule has 2 N–H and O–H groups in total. The van der Waals surface area contributed by atoms with Gasteiger partial charge in [-0.25, -0.2) is 0 Å². The maximum Gasteiger partial charge on any atom is 0.259 e. The molecule has 0 spiro atoms. The molecule has 0 radical (unpaired) electrons. The summed E-state index contributed by atoms with van der Waals surface area (Å²) in [6.07, 6.45) is 1.42. The Morgan fingerprint density at radius 2 is 1.93 bits per heavy atom. The number of fused-ring (bicyclic) bond motifs is 1. The first-order chi connectivity index (χ1) is 13.5. The number of methoxy groups -OCH3 is 1. The van der Waals surface area contributed by atoms with Gasteiger partial charge in [-0.05, 0) is 47.0 Å². The van der Waals surface area contributed by atoms with Crippen molar-refractivity contribution in [2.24, 2.45) is 5.73 Å². The van der Waals surface area contributed by atoms with E-state index in [1.807, 2.05) is 12.1 Å². The molecule has 3 aromatic rings. The molecular formula is C23H20N2O3. The summed E-state index contributed by atoms with van der Waals surface area (Å²) in [5.74, 6) is 0.311. The van der Waals surface area contributed by atoms with Crippen LogP contribution in [0.5, 0.6) is 11.5 Å². The standard InChI is InChI=1S/C23H20N2O3/c1-15-7-9-17-5-3-4-6-19(17)20(15)14-28-21-10-8-16(12-22(21)27-2)11-18(13-24)23(25)26/h3-12H,14H2,1-2H3,(H2,25,26)/b18-11+. The summed E-state index contributed by atoms with van der Waals surface area (Å²) in [7, 11) is 1.54. The third kappa shape index (κ3) is 3.97. The number of ether oxygens (including phenoxy) is 2. The molecule has 0 atom stereocenters. The highest BCUT2D eigenvalue weighted by Crippen LogP contribution is 2.31. The van der Waals surface area contributed by atoms with E-state index in [1.54, 1.807) is 24.3 Å². The fraction of sp³-hybridized carbons (Fsp3) is 0.130. The molecule has 0 heterocycles. The molecule has 0 saturated heterocycles. The Morgan fingerprint density at radius 3 is 2.64 bits per heavy atom. The van der Waals surface area contributed by atoms with Crippen molar-refractivity contribution in [1.29, 1.82) is 5.26 Å². The molecule has 28 heavy (non-hydrogen) atoms. The van der Waals surface area contributed by atoms with Gasteiger partial charge in [0.25, 0.3) is 5.91 Å². The number of hydrogen-bond donors (Lipinski definition) is 1. The van der Waals surface area contributed by atoms with Gasteiger partial charge >= 0.3 is 0 Å². The molecule has 5 heteroatoms. The second-order valence-electron chi connectivity index (χ2n) is 6.32. The number of rotatable bonds is 6. The van der Waals surface area contributed by atoms with Gasteiger partial charge < -0.3 is 15.2 Å². The Bertz CT molecular complexity index is 1110. The van der Waals surface area contributed by atoms with E-state index in [0.717, 1.165) is 21.9 Å². The molecular weight excluding hydrogens is 352 g/mol. The minimum atomic E-state index is -0.770. The number of nitrogens with two attached hydrogens (primary N) is 1. The number of amides is 1. The highest BCUT2D eigenvalue weighted by atomic mass is 16.5. The van der Waals surface area contributed by atoms with Crippen LogP contribution in [0.3, 0.4) is 0 Å². The smallest absolute Gasteiger partial charge is 0.259 e. The van der Waals surface area contributed by atoms with Gasteiger partial charge in [-0.1, -0.05) is 42.5 Å². The number of carbonyl (C=O) groups is 1. The van der Waals surface area contributed by atoms with Crippen LogP contribution >= 0.6 is 0 Å². The first-order valence-electron chi connectivity index (χ1n) is 8.73. The summed E-state index contributed by atoms with van der Waals surface area (Å²) in [5, 5.41) is 11.3. The lowest BCUT2D eigenvalue weighted by Crippen LogP contribution is -2.12. The van der Waals surface area contributed by atoms with Crippen LogP contribution in [0.4, 0.5) is 0 Å². The van der Waals surface area contributed by atoms with E-state index in [2.05, 4.69) is 31.2 Å². The summed E-state index contributed by atoms with van der Waals surface area (Å²) in [4.78, 5) is 11.2.